The molecule has 118 valence electrons. The van der Waals surface area contributed by atoms with E-state index in [0.29, 0.717) is 23.5 Å². The zero-order chi connectivity index (χ0) is 15.7. The largest absolute Gasteiger partial charge is 0.404 e. The van der Waals surface area contributed by atoms with Gasteiger partial charge in [-0.05, 0) is 56.1 Å². The van der Waals surface area contributed by atoms with E-state index in [0.717, 1.165) is 13.1 Å². The van der Waals surface area contributed by atoms with Crippen LogP contribution < -0.4 is 11.1 Å². The summed E-state index contributed by atoms with van der Waals surface area (Å²) in [4.78, 5) is 0. The van der Waals surface area contributed by atoms with Crippen molar-refractivity contribution in [2.24, 2.45) is 5.92 Å². The lowest BCUT2D eigenvalue weighted by atomic mass is 9.85. The number of nitrogens with one attached hydrogen (secondary N) is 1. The van der Waals surface area contributed by atoms with E-state index in [-0.39, 0.29) is 18.3 Å². The first kappa shape index (κ1) is 14.9. The molecule has 0 spiro atoms. The number of nitrogens with two attached hydrogens (primary N) is 1. The van der Waals surface area contributed by atoms with Gasteiger partial charge in [0.15, 0.2) is 0 Å². The molecular formula is C15H18F2N4O. The van der Waals surface area contributed by atoms with Gasteiger partial charge in [0.1, 0.15) is 11.5 Å². The molecule has 0 radical (unpaired) electrons. The van der Waals surface area contributed by atoms with Gasteiger partial charge in [-0.2, -0.15) is 0 Å². The molecule has 1 aliphatic heterocycles. The Hall–Kier alpha value is -2.02. The summed E-state index contributed by atoms with van der Waals surface area (Å²) in [6, 6.07) is 4.17. The Bertz CT molecular complexity index is 667. The maximum atomic E-state index is 14.7. The minimum Gasteiger partial charge on any atom is -0.404 e. The van der Waals surface area contributed by atoms with E-state index < -0.39 is 11.5 Å². The smallest absolute Gasteiger partial charge is 0.313 e. The molecule has 22 heavy (non-hydrogen) atoms. The van der Waals surface area contributed by atoms with Crippen LogP contribution in [-0.4, -0.2) is 29.0 Å². The number of hydrogen-bond donors (Lipinski definition) is 2. The Balaban J connectivity index is 1.79. The monoisotopic (exact) mass is 308 g/mol. The van der Waals surface area contributed by atoms with Gasteiger partial charge >= 0.3 is 6.01 Å². The van der Waals surface area contributed by atoms with Crippen molar-refractivity contribution in [2.45, 2.75) is 25.4 Å². The van der Waals surface area contributed by atoms with Gasteiger partial charge in [0, 0.05) is 12.0 Å². The van der Waals surface area contributed by atoms with Gasteiger partial charge in [-0.15, -0.1) is 5.10 Å². The highest BCUT2D eigenvalue weighted by Crippen LogP contribution is 2.29. The molecule has 0 saturated carbocycles. The molecule has 3 N–H and O–H groups in total. The number of nitrogen functional groups attached to an aromatic ring is 1. The van der Waals surface area contributed by atoms with Crippen molar-refractivity contribution in [1.82, 2.24) is 15.5 Å². The van der Waals surface area contributed by atoms with Crippen molar-refractivity contribution in [2.75, 3.05) is 18.8 Å². The maximum absolute atomic E-state index is 14.7. The van der Waals surface area contributed by atoms with Crippen LogP contribution in [-0.2, 0) is 6.42 Å². The lowest BCUT2D eigenvalue weighted by molar-refractivity contribution is 0.124. The summed E-state index contributed by atoms with van der Waals surface area (Å²) in [5.41, 5.74) is 4.95. The number of benzene rings is 1. The number of anilines is 1. The van der Waals surface area contributed by atoms with Gasteiger partial charge in [0.05, 0.1) is 0 Å². The molecule has 1 saturated heterocycles. The SMILES string of the molecule is CC(F)(Cc1cc(F)cc(-c2nnc(N)o2)c1)CC1CNC1. The van der Waals surface area contributed by atoms with Gasteiger partial charge in [-0.3, -0.25) is 0 Å². The summed E-state index contributed by atoms with van der Waals surface area (Å²) >= 11 is 0. The second kappa shape index (κ2) is 5.64. The number of halogens is 2. The van der Waals surface area contributed by atoms with E-state index in [2.05, 4.69) is 15.5 Å². The van der Waals surface area contributed by atoms with Crippen LogP contribution in [0.15, 0.2) is 22.6 Å². The average molecular weight is 308 g/mol. The van der Waals surface area contributed by atoms with Gasteiger partial charge in [0.2, 0.25) is 5.89 Å². The number of aromatic nitrogens is 2. The quantitative estimate of drug-likeness (QED) is 0.886. The zero-order valence-corrected chi connectivity index (χ0v) is 12.3. The second-order valence-electron chi connectivity index (χ2n) is 6.11. The number of rotatable bonds is 5. The average Bonchev–Trinajstić information content (AvgIpc) is 2.80. The van der Waals surface area contributed by atoms with Crippen LogP contribution >= 0.6 is 0 Å². The van der Waals surface area contributed by atoms with Crippen molar-refractivity contribution in [1.29, 1.82) is 0 Å². The van der Waals surface area contributed by atoms with E-state index in [4.69, 9.17) is 10.2 Å². The van der Waals surface area contributed by atoms with E-state index in [1.807, 2.05) is 0 Å². The molecule has 0 aliphatic carbocycles. The molecule has 1 unspecified atom stereocenters. The van der Waals surface area contributed by atoms with Crippen LogP contribution in [0, 0.1) is 11.7 Å². The maximum Gasteiger partial charge on any atom is 0.313 e. The molecule has 7 heteroatoms. The topological polar surface area (TPSA) is 77.0 Å². The fourth-order valence-electron chi connectivity index (χ4n) is 2.82. The van der Waals surface area contributed by atoms with Crippen molar-refractivity contribution in [3.05, 3.63) is 29.6 Å². The van der Waals surface area contributed by atoms with Crippen LogP contribution in [0.25, 0.3) is 11.5 Å². The minimum absolute atomic E-state index is 0.0892. The van der Waals surface area contributed by atoms with Crippen LogP contribution in [0.1, 0.15) is 18.9 Å². The third-order valence-electron chi connectivity index (χ3n) is 3.80. The molecule has 1 aliphatic rings. The Labute approximate surface area is 126 Å². The lowest BCUT2D eigenvalue weighted by Gasteiger charge is -2.32. The molecule has 3 rings (SSSR count). The zero-order valence-electron chi connectivity index (χ0n) is 12.3. The highest BCUT2D eigenvalue weighted by molar-refractivity contribution is 5.55. The van der Waals surface area contributed by atoms with Crippen molar-refractivity contribution < 1.29 is 13.2 Å². The number of hydrogen-bond acceptors (Lipinski definition) is 5. The standard InChI is InChI=1S/C15H18F2N4O/c1-15(17,6-10-7-19-8-10)5-9-2-11(4-12(16)3-9)13-20-21-14(18)22-13/h2-4,10,19H,5-8H2,1H3,(H2,18,21). The highest BCUT2D eigenvalue weighted by Gasteiger charge is 2.31. The first-order valence-electron chi connectivity index (χ1n) is 7.20. The summed E-state index contributed by atoms with van der Waals surface area (Å²) in [6.07, 6.45) is 0.594. The molecular weight excluding hydrogens is 290 g/mol. The molecule has 0 bridgehead atoms. The second-order valence-corrected chi connectivity index (χ2v) is 6.11. The minimum atomic E-state index is -1.38. The van der Waals surface area contributed by atoms with Gasteiger partial charge in [-0.25, -0.2) is 8.78 Å². The van der Waals surface area contributed by atoms with Gasteiger partial charge in [-0.1, -0.05) is 5.10 Å². The Morgan fingerprint density at radius 2 is 2.14 bits per heavy atom. The molecule has 5 nitrogen and oxygen atoms in total. The summed E-state index contributed by atoms with van der Waals surface area (Å²) in [6.45, 7) is 3.24. The van der Waals surface area contributed by atoms with Crippen molar-refractivity contribution in [3.63, 3.8) is 0 Å². The Kier molecular flexibility index (Phi) is 3.82. The lowest BCUT2D eigenvalue weighted by Crippen LogP contribution is -2.45. The fourth-order valence-corrected chi connectivity index (χ4v) is 2.82. The van der Waals surface area contributed by atoms with Gasteiger partial charge in [0.25, 0.3) is 0 Å². The normalized spacial score (nSPS) is 18.0. The van der Waals surface area contributed by atoms with Crippen LogP contribution in [0.5, 0.6) is 0 Å². The van der Waals surface area contributed by atoms with E-state index in [1.54, 1.807) is 13.0 Å². The summed E-state index contributed by atoms with van der Waals surface area (Å²) in [7, 11) is 0. The first-order chi connectivity index (χ1) is 10.4. The van der Waals surface area contributed by atoms with Crippen LogP contribution in [0.2, 0.25) is 0 Å². The Morgan fingerprint density at radius 1 is 1.36 bits per heavy atom. The summed E-state index contributed by atoms with van der Waals surface area (Å²) in [5.74, 6) is 0.00570. The predicted octanol–water partition coefficient (Wildman–Crippen LogP) is 2.34. The molecule has 1 fully saturated rings. The highest BCUT2D eigenvalue weighted by atomic mass is 19.1. The summed E-state index contributed by atoms with van der Waals surface area (Å²) < 4.78 is 33.6. The molecule has 0 amide bonds. The molecule has 2 aromatic rings. The Morgan fingerprint density at radius 3 is 2.73 bits per heavy atom. The molecule has 1 aromatic heterocycles. The molecule has 2 heterocycles. The third-order valence-corrected chi connectivity index (χ3v) is 3.80. The van der Waals surface area contributed by atoms with Crippen LogP contribution in [0.3, 0.4) is 0 Å². The third kappa shape index (κ3) is 3.41. The molecule has 1 aromatic carbocycles. The first-order valence-corrected chi connectivity index (χ1v) is 7.20. The van der Waals surface area contributed by atoms with Crippen LogP contribution in [0.4, 0.5) is 14.8 Å². The van der Waals surface area contributed by atoms with E-state index in [9.17, 15) is 8.78 Å². The van der Waals surface area contributed by atoms with Crippen molar-refractivity contribution >= 4 is 6.01 Å². The number of nitrogens with zero attached hydrogens (tertiary/aromatic N) is 2. The molecule has 1 atom stereocenters. The summed E-state index contributed by atoms with van der Waals surface area (Å²) in [5, 5.41) is 10.4. The van der Waals surface area contributed by atoms with Gasteiger partial charge < -0.3 is 15.5 Å². The predicted molar refractivity (Wildman–Crippen MR) is 78.3 cm³/mol. The van der Waals surface area contributed by atoms with Crippen molar-refractivity contribution in [3.8, 4) is 11.5 Å². The van der Waals surface area contributed by atoms with E-state index >= 15 is 0 Å². The van der Waals surface area contributed by atoms with E-state index in [1.165, 1.54) is 12.1 Å². The fraction of sp³-hybridized carbons (Fsp3) is 0.467. The number of alkyl halides is 1.